The van der Waals surface area contributed by atoms with Crippen molar-refractivity contribution in [1.82, 2.24) is 4.31 Å². The monoisotopic (exact) mass is 342 g/mol. The van der Waals surface area contributed by atoms with Gasteiger partial charge in [-0.3, -0.25) is 0 Å². The maximum atomic E-state index is 13.1. The summed E-state index contributed by atoms with van der Waals surface area (Å²) in [7, 11) is -3.72. The van der Waals surface area contributed by atoms with Crippen molar-refractivity contribution in [1.29, 1.82) is 5.26 Å². The van der Waals surface area contributed by atoms with Crippen LogP contribution in [0.15, 0.2) is 59.5 Å². The molecule has 124 valence electrons. The molecule has 3 rings (SSSR count). The number of hydrogen-bond acceptors (Lipinski definition) is 4. The van der Waals surface area contributed by atoms with Gasteiger partial charge in [0.25, 0.3) is 0 Å². The zero-order valence-electron chi connectivity index (χ0n) is 13.3. The average Bonchev–Trinajstić information content (AvgIpc) is 2.62. The van der Waals surface area contributed by atoms with Crippen LogP contribution in [0.4, 0.5) is 0 Å². The highest BCUT2D eigenvalue weighted by molar-refractivity contribution is 7.89. The first kappa shape index (κ1) is 16.7. The number of morpholine rings is 1. The van der Waals surface area contributed by atoms with Gasteiger partial charge in [-0.15, -0.1) is 0 Å². The first-order chi connectivity index (χ1) is 11.5. The van der Waals surface area contributed by atoms with Crippen molar-refractivity contribution < 1.29 is 13.2 Å². The Bertz CT molecular complexity index is 859. The molecule has 1 saturated heterocycles. The number of hydrogen-bond donors (Lipinski definition) is 0. The second kappa shape index (κ2) is 6.73. The number of rotatable bonds is 3. The Morgan fingerprint density at radius 2 is 1.92 bits per heavy atom. The third kappa shape index (κ3) is 3.20. The van der Waals surface area contributed by atoms with E-state index in [1.54, 1.807) is 12.1 Å². The lowest BCUT2D eigenvalue weighted by Gasteiger charge is -2.37. The van der Waals surface area contributed by atoms with Crippen LogP contribution in [0.2, 0.25) is 0 Å². The maximum Gasteiger partial charge on any atom is 0.243 e. The predicted molar refractivity (Wildman–Crippen MR) is 89.6 cm³/mol. The molecule has 0 aromatic heterocycles. The van der Waals surface area contributed by atoms with Crippen LogP contribution in [0.3, 0.4) is 0 Å². The number of nitriles is 1. The summed E-state index contributed by atoms with van der Waals surface area (Å²) < 4.78 is 33.5. The summed E-state index contributed by atoms with van der Waals surface area (Å²) >= 11 is 0. The number of ether oxygens (including phenoxy) is 1. The van der Waals surface area contributed by atoms with Gasteiger partial charge in [-0.2, -0.15) is 9.57 Å². The molecule has 1 fully saturated rings. The highest BCUT2D eigenvalue weighted by atomic mass is 32.2. The molecule has 0 spiro atoms. The van der Waals surface area contributed by atoms with Crippen LogP contribution < -0.4 is 0 Å². The third-order valence-electron chi connectivity index (χ3n) is 4.08. The van der Waals surface area contributed by atoms with Crippen LogP contribution in [0, 0.1) is 11.3 Å². The lowest BCUT2D eigenvalue weighted by atomic mass is 10.1. The van der Waals surface area contributed by atoms with E-state index in [1.165, 1.54) is 16.4 Å². The minimum Gasteiger partial charge on any atom is -0.375 e. The highest BCUT2D eigenvalue weighted by Gasteiger charge is 2.37. The fourth-order valence-electron chi connectivity index (χ4n) is 2.84. The van der Waals surface area contributed by atoms with E-state index in [0.29, 0.717) is 12.2 Å². The van der Waals surface area contributed by atoms with Crippen LogP contribution >= 0.6 is 0 Å². The maximum absolute atomic E-state index is 13.1. The standard InChI is InChI=1S/C18H18N2O3S/c1-14-12-20(18(13-23-14)16-7-3-2-4-8-16)24(21,22)17-9-5-6-15(10-17)11-19/h2-10,14,18H,12-13H2,1H3. The van der Waals surface area contributed by atoms with Gasteiger partial charge in [0.15, 0.2) is 0 Å². The fourth-order valence-corrected chi connectivity index (χ4v) is 4.56. The Hall–Kier alpha value is -2.20. The van der Waals surface area contributed by atoms with Crippen LogP contribution in [0.25, 0.3) is 0 Å². The Morgan fingerprint density at radius 1 is 1.17 bits per heavy atom. The van der Waals surface area contributed by atoms with Gasteiger partial charge in [0, 0.05) is 6.54 Å². The smallest absolute Gasteiger partial charge is 0.243 e. The first-order valence-corrected chi connectivity index (χ1v) is 9.15. The van der Waals surface area contributed by atoms with E-state index in [-0.39, 0.29) is 23.6 Å². The summed E-state index contributed by atoms with van der Waals surface area (Å²) in [6.45, 7) is 2.44. The molecule has 6 heteroatoms. The highest BCUT2D eigenvalue weighted by Crippen LogP contribution is 2.32. The molecule has 0 saturated carbocycles. The SMILES string of the molecule is CC1CN(S(=O)(=O)c2cccc(C#N)c2)C(c2ccccc2)CO1. The van der Waals surface area contributed by atoms with E-state index in [2.05, 4.69) is 0 Å². The van der Waals surface area contributed by atoms with Gasteiger partial charge in [0.05, 0.1) is 35.3 Å². The minimum atomic E-state index is -3.72. The summed E-state index contributed by atoms with van der Waals surface area (Å²) in [5.74, 6) is 0. The lowest BCUT2D eigenvalue weighted by molar-refractivity contribution is -0.0231. The van der Waals surface area contributed by atoms with Crippen molar-refractivity contribution in [3.63, 3.8) is 0 Å². The Morgan fingerprint density at radius 3 is 2.62 bits per heavy atom. The average molecular weight is 342 g/mol. The second-order valence-electron chi connectivity index (χ2n) is 5.78. The zero-order valence-corrected chi connectivity index (χ0v) is 14.1. The second-order valence-corrected chi connectivity index (χ2v) is 7.68. The van der Waals surface area contributed by atoms with Crippen LogP contribution in [-0.4, -0.2) is 32.0 Å². The molecule has 2 atom stereocenters. The van der Waals surface area contributed by atoms with E-state index >= 15 is 0 Å². The van der Waals surface area contributed by atoms with Gasteiger partial charge in [0.2, 0.25) is 10.0 Å². The number of benzene rings is 2. The molecular formula is C18H18N2O3S. The van der Waals surface area contributed by atoms with Crippen molar-refractivity contribution in [2.75, 3.05) is 13.2 Å². The van der Waals surface area contributed by atoms with Crippen molar-refractivity contribution in [3.05, 3.63) is 65.7 Å². The van der Waals surface area contributed by atoms with Gasteiger partial charge in [-0.1, -0.05) is 36.4 Å². The van der Waals surface area contributed by atoms with Crippen molar-refractivity contribution >= 4 is 10.0 Å². The molecule has 1 aliphatic rings. The third-order valence-corrected chi connectivity index (χ3v) is 5.95. The largest absolute Gasteiger partial charge is 0.375 e. The molecule has 5 nitrogen and oxygen atoms in total. The van der Waals surface area contributed by atoms with E-state index in [1.807, 2.05) is 43.3 Å². The summed E-state index contributed by atoms with van der Waals surface area (Å²) in [6, 6.07) is 17.2. The molecule has 0 amide bonds. The molecule has 0 radical (unpaired) electrons. The van der Waals surface area contributed by atoms with Crippen molar-refractivity contribution in [2.45, 2.75) is 24.0 Å². The topological polar surface area (TPSA) is 70.4 Å². The molecule has 0 N–H and O–H groups in total. The Kier molecular flexibility index (Phi) is 4.67. The van der Waals surface area contributed by atoms with Crippen LogP contribution in [0.5, 0.6) is 0 Å². The summed E-state index contributed by atoms with van der Waals surface area (Å²) in [6.07, 6.45) is -0.182. The molecule has 2 aromatic rings. The molecular weight excluding hydrogens is 324 g/mol. The normalized spacial score (nSPS) is 22.0. The summed E-state index contributed by atoms with van der Waals surface area (Å²) in [4.78, 5) is 0.136. The summed E-state index contributed by atoms with van der Waals surface area (Å²) in [5, 5.41) is 9.03. The van der Waals surface area contributed by atoms with E-state index in [4.69, 9.17) is 10.00 Å². The predicted octanol–water partition coefficient (Wildman–Crippen LogP) is 2.71. The molecule has 2 aromatic carbocycles. The molecule has 0 aliphatic carbocycles. The number of nitrogens with zero attached hydrogens (tertiary/aromatic N) is 2. The molecule has 24 heavy (non-hydrogen) atoms. The van der Waals surface area contributed by atoms with Gasteiger partial charge in [-0.05, 0) is 30.7 Å². The van der Waals surface area contributed by atoms with Gasteiger partial charge in [0.1, 0.15) is 0 Å². The van der Waals surface area contributed by atoms with E-state index in [0.717, 1.165) is 5.56 Å². The van der Waals surface area contributed by atoms with Gasteiger partial charge < -0.3 is 4.74 Å². The number of sulfonamides is 1. The molecule has 2 unspecified atom stereocenters. The van der Waals surface area contributed by atoms with Crippen molar-refractivity contribution in [2.24, 2.45) is 0 Å². The molecule has 1 heterocycles. The lowest BCUT2D eigenvalue weighted by Crippen LogP contribution is -2.46. The Balaban J connectivity index is 2.03. The van der Waals surface area contributed by atoms with Crippen LogP contribution in [0.1, 0.15) is 24.1 Å². The van der Waals surface area contributed by atoms with Crippen LogP contribution in [-0.2, 0) is 14.8 Å². The van der Waals surface area contributed by atoms with E-state index in [9.17, 15) is 8.42 Å². The minimum absolute atomic E-state index is 0.136. The fraction of sp³-hybridized carbons (Fsp3) is 0.278. The molecule has 1 aliphatic heterocycles. The summed E-state index contributed by atoms with van der Waals surface area (Å²) in [5.41, 5.74) is 1.22. The Labute approximate surface area is 142 Å². The first-order valence-electron chi connectivity index (χ1n) is 7.71. The van der Waals surface area contributed by atoms with Gasteiger partial charge in [-0.25, -0.2) is 8.42 Å². The zero-order chi connectivity index (χ0) is 17.2. The van der Waals surface area contributed by atoms with E-state index < -0.39 is 10.0 Å². The van der Waals surface area contributed by atoms with Crippen molar-refractivity contribution in [3.8, 4) is 6.07 Å². The quantitative estimate of drug-likeness (QED) is 0.860. The van der Waals surface area contributed by atoms with Gasteiger partial charge >= 0.3 is 0 Å². The molecule has 0 bridgehead atoms.